The zero-order valence-corrected chi connectivity index (χ0v) is 15.9. The van der Waals surface area contributed by atoms with Crippen LogP contribution in [0.15, 0.2) is 65.9 Å². The Hall–Kier alpha value is -2.57. The van der Waals surface area contributed by atoms with E-state index in [4.69, 9.17) is 10.2 Å². The second kappa shape index (κ2) is 11.9. The van der Waals surface area contributed by atoms with Crippen molar-refractivity contribution in [1.29, 1.82) is 0 Å². The van der Waals surface area contributed by atoms with Crippen molar-refractivity contribution >= 4 is 17.1 Å². The van der Waals surface area contributed by atoms with Crippen molar-refractivity contribution in [3.05, 3.63) is 60.8 Å². The molecule has 142 valence electrons. The van der Waals surface area contributed by atoms with E-state index in [0.717, 1.165) is 22.7 Å². The van der Waals surface area contributed by atoms with Crippen LogP contribution in [0.4, 0.5) is 11.4 Å². The average molecular weight is 358 g/mol. The number of rotatable bonds is 11. The molecule has 0 aliphatic carbocycles. The molecule has 0 saturated carbocycles. The molecular weight excluding hydrogens is 328 g/mol. The average Bonchev–Trinajstić information content (AvgIpc) is 2.65. The molecule has 0 saturated heterocycles. The van der Waals surface area contributed by atoms with E-state index in [2.05, 4.69) is 17.0 Å². The lowest BCUT2D eigenvalue weighted by Gasteiger charge is -2.23. The molecule has 1 aromatic rings. The van der Waals surface area contributed by atoms with Crippen LogP contribution in [0.3, 0.4) is 0 Å². The van der Waals surface area contributed by atoms with Gasteiger partial charge in [-0.3, -0.25) is 5.01 Å². The quantitative estimate of drug-likeness (QED) is 0.321. The van der Waals surface area contributed by atoms with Crippen molar-refractivity contribution in [3.8, 4) is 0 Å². The summed E-state index contributed by atoms with van der Waals surface area (Å²) in [4.78, 5) is 1.93. The molecule has 6 heteroatoms. The van der Waals surface area contributed by atoms with Crippen LogP contribution in [0, 0.1) is 0 Å². The predicted octanol–water partition coefficient (Wildman–Crippen LogP) is 2.14. The van der Waals surface area contributed by atoms with E-state index < -0.39 is 0 Å². The number of nitrogens with zero attached hydrogens (tertiary/aromatic N) is 3. The predicted molar refractivity (Wildman–Crippen MR) is 111 cm³/mol. The molecule has 26 heavy (non-hydrogen) atoms. The summed E-state index contributed by atoms with van der Waals surface area (Å²) in [5.74, 6) is 0. The maximum absolute atomic E-state index is 9.14. The third-order valence-corrected chi connectivity index (χ3v) is 3.76. The van der Waals surface area contributed by atoms with Crippen molar-refractivity contribution in [1.82, 2.24) is 5.32 Å². The number of allylic oxidation sites excluding steroid dienone is 4. The van der Waals surface area contributed by atoms with Crippen molar-refractivity contribution in [3.63, 3.8) is 0 Å². The van der Waals surface area contributed by atoms with Crippen LogP contribution in [0.2, 0.25) is 0 Å². The molecule has 1 aromatic carbocycles. The Labute approximate surface area is 156 Å². The summed E-state index contributed by atoms with van der Waals surface area (Å²) in [5, 5.41) is 27.6. The Balaban J connectivity index is 2.80. The number of hydrogen-bond donors (Lipinski definition) is 3. The Morgan fingerprint density at radius 3 is 2.23 bits per heavy atom. The van der Waals surface area contributed by atoms with Gasteiger partial charge in [0.25, 0.3) is 0 Å². The fraction of sp³-hybridized carbons (Fsp3) is 0.350. The monoisotopic (exact) mass is 358 g/mol. The zero-order valence-electron chi connectivity index (χ0n) is 15.9. The van der Waals surface area contributed by atoms with Crippen molar-refractivity contribution < 1.29 is 10.2 Å². The summed E-state index contributed by atoms with van der Waals surface area (Å²) in [5.41, 5.74) is 3.56. The second-order valence-electron chi connectivity index (χ2n) is 5.69. The van der Waals surface area contributed by atoms with Gasteiger partial charge in [0.1, 0.15) is 0 Å². The minimum Gasteiger partial charge on any atom is -0.395 e. The summed E-state index contributed by atoms with van der Waals surface area (Å²) in [7, 11) is 3.73. The Morgan fingerprint density at radius 1 is 1.12 bits per heavy atom. The summed E-state index contributed by atoms with van der Waals surface area (Å²) >= 11 is 0. The maximum atomic E-state index is 9.14. The largest absolute Gasteiger partial charge is 0.395 e. The highest BCUT2D eigenvalue weighted by Crippen LogP contribution is 2.20. The number of hydrogen-bond acceptors (Lipinski definition) is 6. The maximum Gasteiger partial charge on any atom is 0.0644 e. The number of aliphatic hydroxyl groups is 2. The molecule has 0 bridgehead atoms. The lowest BCUT2D eigenvalue weighted by Crippen LogP contribution is -2.29. The first-order valence-electron chi connectivity index (χ1n) is 8.59. The van der Waals surface area contributed by atoms with Crippen molar-refractivity contribution in [2.45, 2.75) is 6.92 Å². The van der Waals surface area contributed by atoms with E-state index in [1.54, 1.807) is 5.01 Å². The number of hydrazone groups is 1. The van der Waals surface area contributed by atoms with Gasteiger partial charge >= 0.3 is 0 Å². The normalized spacial score (nSPS) is 12.0. The minimum absolute atomic E-state index is 0.0459. The molecule has 0 heterocycles. The van der Waals surface area contributed by atoms with Gasteiger partial charge in [-0.25, -0.2) is 0 Å². The van der Waals surface area contributed by atoms with Gasteiger partial charge in [0.15, 0.2) is 0 Å². The number of benzene rings is 1. The van der Waals surface area contributed by atoms with Crippen LogP contribution in [-0.4, -0.2) is 56.3 Å². The molecule has 1 rings (SSSR count). The highest BCUT2D eigenvalue weighted by Gasteiger charge is 2.07. The molecule has 0 atom stereocenters. The molecule has 0 aromatic heterocycles. The van der Waals surface area contributed by atoms with Crippen LogP contribution in [-0.2, 0) is 0 Å². The second-order valence-corrected chi connectivity index (χ2v) is 5.69. The van der Waals surface area contributed by atoms with Crippen LogP contribution in [0.25, 0.3) is 0 Å². The molecule has 0 amide bonds. The third-order valence-electron chi connectivity index (χ3n) is 3.76. The summed E-state index contributed by atoms with van der Waals surface area (Å²) in [6.07, 6.45) is 7.54. The van der Waals surface area contributed by atoms with Crippen LogP contribution < -0.4 is 15.2 Å². The Kier molecular flexibility index (Phi) is 9.82. The van der Waals surface area contributed by atoms with Gasteiger partial charge in [-0.15, -0.1) is 0 Å². The van der Waals surface area contributed by atoms with Gasteiger partial charge in [-0.1, -0.05) is 18.7 Å². The number of anilines is 2. The zero-order chi connectivity index (χ0) is 19.4. The van der Waals surface area contributed by atoms with E-state index in [-0.39, 0.29) is 13.2 Å². The summed E-state index contributed by atoms with van der Waals surface area (Å²) in [6.45, 7) is 7.01. The molecule has 0 unspecified atom stereocenters. The van der Waals surface area contributed by atoms with Crippen LogP contribution in [0.1, 0.15) is 6.92 Å². The SMILES string of the molecule is C=C(/C=C\C=C/NC)/C(C)=N/N(C)c1ccc(N(CCO)CCO)cc1. The fourth-order valence-electron chi connectivity index (χ4n) is 2.28. The molecule has 0 spiro atoms. The molecular formula is C20H30N4O2. The fourth-order valence-corrected chi connectivity index (χ4v) is 2.28. The Bertz CT molecular complexity index is 630. The molecule has 3 N–H and O–H groups in total. The van der Waals surface area contributed by atoms with Crippen LogP contribution >= 0.6 is 0 Å². The van der Waals surface area contributed by atoms with Gasteiger partial charge in [0.05, 0.1) is 24.6 Å². The van der Waals surface area contributed by atoms with Gasteiger partial charge in [-0.2, -0.15) is 5.10 Å². The molecule has 6 nitrogen and oxygen atoms in total. The lowest BCUT2D eigenvalue weighted by atomic mass is 10.2. The topological polar surface area (TPSA) is 71.3 Å². The van der Waals surface area contributed by atoms with Gasteiger partial charge in [0, 0.05) is 32.9 Å². The first kappa shape index (κ1) is 21.5. The van der Waals surface area contributed by atoms with Crippen molar-refractivity contribution in [2.75, 3.05) is 50.3 Å². The van der Waals surface area contributed by atoms with Gasteiger partial charge < -0.3 is 20.4 Å². The minimum atomic E-state index is 0.0459. The van der Waals surface area contributed by atoms with Gasteiger partial charge in [0.2, 0.25) is 0 Å². The lowest BCUT2D eigenvalue weighted by molar-refractivity contribution is 0.281. The first-order valence-corrected chi connectivity index (χ1v) is 8.59. The number of nitrogens with one attached hydrogen (secondary N) is 1. The van der Waals surface area contributed by atoms with E-state index in [1.807, 2.05) is 74.6 Å². The molecule has 0 radical (unpaired) electrons. The van der Waals surface area contributed by atoms with E-state index in [9.17, 15) is 0 Å². The van der Waals surface area contributed by atoms with E-state index >= 15 is 0 Å². The first-order chi connectivity index (χ1) is 12.5. The smallest absolute Gasteiger partial charge is 0.0644 e. The standard InChI is InChI=1S/C20H30N4O2/c1-17(7-5-6-12-21-3)18(2)22-23(4)19-8-10-20(11-9-19)24(13-15-25)14-16-26/h5-12,21,25-26H,1,13-16H2,2-4H3/b7-5-,12-6-,22-18+. The number of aliphatic hydroxyl groups excluding tert-OH is 2. The van der Waals surface area contributed by atoms with Crippen molar-refractivity contribution in [2.24, 2.45) is 5.10 Å². The summed E-state index contributed by atoms with van der Waals surface area (Å²) in [6, 6.07) is 7.84. The summed E-state index contributed by atoms with van der Waals surface area (Å²) < 4.78 is 0. The van der Waals surface area contributed by atoms with Gasteiger partial charge in [-0.05, 0) is 49.0 Å². The van der Waals surface area contributed by atoms with Crippen LogP contribution in [0.5, 0.6) is 0 Å². The highest BCUT2D eigenvalue weighted by molar-refractivity contribution is 6.00. The van der Waals surface area contributed by atoms with E-state index in [0.29, 0.717) is 13.1 Å². The molecule has 0 fully saturated rings. The van der Waals surface area contributed by atoms with E-state index in [1.165, 1.54) is 0 Å². The molecule has 0 aliphatic rings. The molecule has 0 aliphatic heterocycles. The third kappa shape index (κ3) is 7.13. The highest BCUT2D eigenvalue weighted by atomic mass is 16.3. The Morgan fingerprint density at radius 2 is 1.69 bits per heavy atom.